The number of nitrogens with one attached hydrogen (secondary N) is 1. The number of aryl methyl sites for hydroxylation is 2. The molecule has 4 nitrogen and oxygen atoms in total. The van der Waals surface area contributed by atoms with Crippen molar-refractivity contribution in [3.8, 4) is 0 Å². The number of carbonyl (C=O) groups excluding carboxylic acids is 2. The van der Waals surface area contributed by atoms with Gasteiger partial charge in [0, 0.05) is 18.7 Å². The molecule has 2 aromatic rings. The number of nitrogens with zero attached hydrogens (tertiary/aromatic N) is 1. The zero-order valence-electron chi connectivity index (χ0n) is 16.3. The lowest BCUT2D eigenvalue weighted by atomic mass is 10.1. The highest BCUT2D eigenvalue weighted by Gasteiger charge is 2.31. The molecule has 1 fully saturated rings. The van der Waals surface area contributed by atoms with E-state index in [9.17, 15) is 9.59 Å². The smallest absolute Gasteiger partial charge is 0.266 e. The molecule has 0 unspecified atom stereocenters. The van der Waals surface area contributed by atoms with Crippen molar-refractivity contribution in [1.29, 1.82) is 0 Å². The number of anilines is 1. The number of thiocarbonyl (C=S) groups is 1. The molecule has 0 spiro atoms. The van der Waals surface area contributed by atoms with Crippen LogP contribution in [-0.2, 0) is 9.59 Å². The first-order chi connectivity index (χ1) is 13.9. The normalized spacial score (nSPS) is 15.5. The maximum atomic E-state index is 12.6. The maximum absolute atomic E-state index is 12.6. The topological polar surface area (TPSA) is 49.4 Å². The summed E-state index contributed by atoms with van der Waals surface area (Å²) in [6.45, 7) is 4.23. The van der Waals surface area contributed by atoms with Crippen LogP contribution in [0.1, 0.15) is 23.1 Å². The second-order valence-electron chi connectivity index (χ2n) is 6.74. The van der Waals surface area contributed by atoms with Gasteiger partial charge in [0.05, 0.1) is 4.91 Å². The monoisotopic (exact) mass is 422 g/mol. The summed E-state index contributed by atoms with van der Waals surface area (Å²) in [5.41, 5.74) is 4.00. The summed E-state index contributed by atoms with van der Waals surface area (Å²) >= 11 is 6.59. The van der Waals surface area contributed by atoms with Gasteiger partial charge >= 0.3 is 0 Å². The van der Waals surface area contributed by atoms with Gasteiger partial charge in [0.1, 0.15) is 4.32 Å². The van der Waals surface area contributed by atoms with Crippen LogP contribution < -0.4 is 5.32 Å². The summed E-state index contributed by atoms with van der Waals surface area (Å²) in [6.07, 6.45) is 5.73. The second-order valence-corrected chi connectivity index (χ2v) is 8.42. The third-order valence-electron chi connectivity index (χ3n) is 4.43. The van der Waals surface area contributed by atoms with E-state index in [1.54, 1.807) is 6.08 Å². The number of carbonyl (C=O) groups is 2. The summed E-state index contributed by atoms with van der Waals surface area (Å²) in [6, 6.07) is 15.7. The molecule has 1 aliphatic heterocycles. The van der Waals surface area contributed by atoms with Gasteiger partial charge in [-0.3, -0.25) is 14.5 Å². The Morgan fingerprint density at radius 1 is 1.17 bits per heavy atom. The molecule has 1 saturated heterocycles. The second kappa shape index (κ2) is 9.67. The highest BCUT2D eigenvalue weighted by molar-refractivity contribution is 8.26. The molecule has 1 N–H and O–H groups in total. The minimum absolute atomic E-state index is 0.140. The molecule has 0 bridgehead atoms. The van der Waals surface area contributed by atoms with Gasteiger partial charge in [0.2, 0.25) is 5.91 Å². The maximum Gasteiger partial charge on any atom is 0.266 e. The number of rotatable bonds is 6. The van der Waals surface area contributed by atoms with Crippen LogP contribution in [0.25, 0.3) is 6.08 Å². The number of allylic oxidation sites excluding steroid dienone is 2. The number of benzene rings is 2. The summed E-state index contributed by atoms with van der Waals surface area (Å²) in [5, 5.41) is 2.90. The molecular weight excluding hydrogens is 400 g/mol. The largest absolute Gasteiger partial charge is 0.326 e. The predicted molar refractivity (Wildman–Crippen MR) is 125 cm³/mol. The van der Waals surface area contributed by atoms with Crippen LogP contribution in [0.5, 0.6) is 0 Å². The van der Waals surface area contributed by atoms with Crippen LogP contribution in [0.2, 0.25) is 0 Å². The van der Waals surface area contributed by atoms with Crippen LogP contribution >= 0.6 is 24.0 Å². The average molecular weight is 423 g/mol. The van der Waals surface area contributed by atoms with E-state index >= 15 is 0 Å². The van der Waals surface area contributed by atoms with Crippen molar-refractivity contribution >= 4 is 51.9 Å². The van der Waals surface area contributed by atoms with Crippen molar-refractivity contribution in [2.24, 2.45) is 0 Å². The number of amides is 2. The van der Waals surface area contributed by atoms with Gasteiger partial charge in [-0.25, -0.2) is 0 Å². The SMILES string of the molecule is Cc1ccc(NC(=O)CCN2C(=O)C(=CC=Cc3ccccc3)SC2=S)c(C)c1. The number of thioether (sulfide) groups is 1. The molecule has 1 heterocycles. The zero-order chi connectivity index (χ0) is 20.8. The first-order valence-corrected chi connectivity index (χ1v) is 10.5. The summed E-state index contributed by atoms with van der Waals surface area (Å²) in [7, 11) is 0. The van der Waals surface area contributed by atoms with Crippen LogP contribution in [0.15, 0.2) is 65.6 Å². The lowest BCUT2D eigenvalue weighted by Crippen LogP contribution is -2.31. The van der Waals surface area contributed by atoms with E-state index in [0.29, 0.717) is 9.23 Å². The Bertz CT molecular complexity index is 997. The van der Waals surface area contributed by atoms with E-state index in [-0.39, 0.29) is 24.8 Å². The fourth-order valence-corrected chi connectivity index (χ4v) is 4.16. The van der Waals surface area contributed by atoms with E-state index in [4.69, 9.17) is 12.2 Å². The van der Waals surface area contributed by atoms with Gasteiger partial charge in [-0.1, -0.05) is 84.2 Å². The van der Waals surface area contributed by atoms with Crippen molar-refractivity contribution in [2.75, 3.05) is 11.9 Å². The van der Waals surface area contributed by atoms with E-state index in [2.05, 4.69) is 5.32 Å². The average Bonchev–Trinajstić information content (AvgIpc) is 2.96. The lowest BCUT2D eigenvalue weighted by Gasteiger charge is -2.14. The minimum Gasteiger partial charge on any atom is -0.326 e. The molecule has 148 valence electrons. The quantitative estimate of drug-likeness (QED) is 0.520. The van der Waals surface area contributed by atoms with Crippen LogP contribution in [0.4, 0.5) is 5.69 Å². The summed E-state index contributed by atoms with van der Waals surface area (Å²) < 4.78 is 0.480. The Hall–Kier alpha value is -2.70. The van der Waals surface area contributed by atoms with Crippen molar-refractivity contribution in [3.63, 3.8) is 0 Å². The number of hydrogen-bond acceptors (Lipinski definition) is 4. The van der Waals surface area contributed by atoms with E-state index in [0.717, 1.165) is 22.4 Å². The Morgan fingerprint density at radius 3 is 2.66 bits per heavy atom. The Kier molecular flexibility index (Phi) is 7.01. The van der Waals surface area contributed by atoms with Crippen LogP contribution in [-0.4, -0.2) is 27.6 Å². The molecule has 0 aliphatic carbocycles. The summed E-state index contributed by atoms with van der Waals surface area (Å²) in [4.78, 5) is 27.0. The highest BCUT2D eigenvalue weighted by atomic mass is 32.2. The zero-order valence-corrected chi connectivity index (χ0v) is 18.0. The third kappa shape index (κ3) is 5.65. The van der Waals surface area contributed by atoms with Crippen LogP contribution in [0.3, 0.4) is 0 Å². The van der Waals surface area contributed by atoms with Crippen molar-refractivity contribution in [1.82, 2.24) is 4.90 Å². The molecule has 0 aromatic heterocycles. The van der Waals surface area contributed by atoms with E-state index in [1.807, 2.05) is 74.5 Å². The molecule has 1 aliphatic rings. The Balaban J connectivity index is 1.56. The van der Waals surface area contributed by atoms with E-state index < -0.39 is 0 Å². The molecule has 0 radical (unpaired) electrons. The Morgan fingerprint density at radius 2 is 1.93 bits per heavy atom. The van der Waals surface area contributed by atoms with Crippen molar-refractivity contribution in [2.45, 2.75) is 20.3 Å². The molecule has 2 aromatic carbocycles. The van der Waals surface area contributed by atoms with Gasteiger partial charge in [-0.05, 0) is 37.1 Å². The first-order valence-electron chi connectivity index (χ1n) is 9.28. The molecule has 29 heavy (non-hydrogen) atoms. The van der Waals surface area contributed by atoms with Crippen molar-refractivity contribution in [3.05, 3.63) is 82.3 Å². The van der Waals surface area contributed by atoms with Crippen LogP contribution in [0, 0.1) is 13.8 Å². The number of hydrogen-bond donors (Lipinski definition) is 1. The lowest BCUT2D eigenvalue weighted by molar-refractivity contribution is -0.122. The van der Waals surface area contributed by atoms with Gasteiger partial charge in [0.15, 0.2) is 0 Å². The molecule has 0 saturated carbocycles. The molecule has 0 atom stereocenters. The fraction of sp³-hybridized carbons (Fsp3) is 0.174. The van der Waals surface area contributed by atoms with Crippen molar-refractivity contribution < 1.29 is 9.59 Å². The molecular formula is C23H22N2O2S2. The van der Waals surface area contributed by atoms with Gasteiger partial charge in [-0.2, -0.15) is 0 Å². The van der Waals surface area contributed by atoms with E-state index in [1.165, 1.54) is 16.7 Å². The van der Waals surface area contributed by atoms with Gasteiger partial charge in [0.25, 0.3) is 5.91 Å². The summed E-state index contributed by atoms with van der Waals surface area (Å²) in [5.74, 6) is -0.295. The molecule has 6 heteroatoms. The highest BCUT2D eigenvalue weighted by Crippen LogP contribution is 2.31. The van der Waals surface area contributed by atoms with Gasteiger partial charge in [-0.15, -0.1) is 0 Å². The third-order valence-corrected chi connectivity index (χ3v) is 5.82. The fourth-order valence-electron chi connectivity index (χ4n) is 2.90. The van der Waals surface area contributed by atoms with Gasteiger partial charge < -0.3 is 5.32 Å². The Labute approximate surface area is 180 Å². The molecule has 2 amide bonds. The standard InChI is InChI=1S/C23H22N2O2S2/c1-16-11-12-19(17(2)15-16)24-21(26)13-14-25-22(27)20(29-23(25)28)10-6-9-18-7-4-3-5-8-18/h3-12,15H,13-14H2,1-2H3,(H,24,26). The predicted octanol–water partition coefficient (Wildman–Crippen LogP) is 5.09. The minimum atomic E-state index is -0.156. The first kappa shape index (κ1) is 21.0. The molecule has 3 rings (SSSR count).